The van der Waals surface area contributed by atoms with Crippen molar-refractivity contribution in [1.29, 1.82) is 0 Å². The Morgan fingerprint density at radius 1 is 0.775 bits per heavy atom. The Morgan fingerprint density at radius 2 is 1.52 bits per heavy atom. The Bertz CT molecular complexity index is 2920. The maximum Gasteiger partial charge on any atom is 0.336 e. The van der Waals surface area contributed by atoms with Crippen LogP contribution in [0.5, 0.6) is 23.0 Å². The Labute approximate surface area is 415 Å². The second kappa shape index (κ2) is 21.3. The van der Waals surface area contributed by atoms with E-state index >= 15 is 0 Å². The number of hydrogen-bond acceptors (Lipinski definition) is 11. The summed E-state index contributed by atoms with van der Waals surface area (Å²) in [6.45, 7) is 7.16. The maximum atomic E-state index is 14.3. The van der Waals surface area contributed by atoms with Crippen LogP contribution in [0.2, 0.25) is 0 Å². The Balaban J connectivity index is 0.762. The lowest BCUT2D eigenvalue weighted by atomic mass is 9.84. The Morgan fingerprint density at radius 3 is 2.28 bits per heavy atom. The number of hydrogen-bond donors (Lipinski definition) is 4. The van der Waals surface area contributed by atoms with Crippen molar-refractivity contribution < 1.29 is 39.2 Å². The van der Waals surface area contributed by atoms with Crippen LogP contribution in [-0.4, -0.2) is 126 Å². The zero-order valence-corrected chi connectivity index (χ0v) is 40.9. The van der Waals surface area contributed by atoms with Gasteiger partial charge < -0.3 is 44.8 Å². The standard InChI is InChI=1S/C57H62N6O8/c1-59(2)41-19-20-45-49(30-41)71-54-46(51(45)43-15-9-10-16-44(43)57(68)69)21-22-47(60(3)4)52(54)55(66)58-23-11-6-12-24-61-25-27-62(28-26-61)33-38-17-18-39-34-63(35-40(39)29-38)56(67)53-48(65)31-42(64)32-50(53)70-36-37-13-7-5-8-14-37/h5,7-10,13-22,29-32,41,64-65H,6,11-12,23-28,33-36H2,1-4H3,(H,58,66)(H,68,69). The lowest BCUT2D eigenvalue weighted by Crippen LogP contribution is -2.46. The van der Waals surface area contributed by atoms with E-state index < -0.39 is 5.97 Å². The zero-order valence-electron chi connectivity index (χ0n) is 40.9. The van der Waals surface area contributed by atoms with Crippen molar-refractivity contribution in [2.45, 2.75) is 51.5 Å². The lowest BCUT2D eigenvalue weighted by molar-refractivity contribution is 0.0694. The van der Waals surface area contributed by atoms with Gasteiger partial charge in [0, 0.05) is 101 Å². The number of carbonyl (C=O) groups excluding carboxylic acids is 2. The first-order chi connectivity index (χ1) is 34.3. The molecule has 5 aromatic carbocycles. The van der Waals surface area contributed by atoms with Crippen LogP contribution in [-0.2, 0) is 26.2 Å². The fourth-order valence-electron chi connectivity index (χ4n) is 9.95. The number of carboxylic acids is 1. The third-order valence-corrected chi connectivity index (χ3v) is 13.8. The Kier molecular flexibility index (Phi) is 14.6. The number of fused-ring (bicyclic) bond motifs is 3. The molecule has 1 unspecified atom stereocenters. The van der Waals surface area contributed by atoms with Gasteiger partial charge in [0.05, 0.1) is 11.3 Å². The predicted molar refractivity (Wildman–Crippen MR) is 274 cm³/mol. The largest absolute Gasteiger partial charge is 0.508 e. The van der Waals surface area contributed by atoms with Gasteiger partial charge in [0.2, 0.25) is 0 Å². The molecule has 71 heavy (non-hydrogen) atoms. The van der Waals surface area contributed by atoms with Crippen LogP contribution >= 0.6 is 0 Å². The van der Waals surface area contributed by atoms with Gasteiger partial charge in [-0.1, -0.05) is 85.3 Å². The molecule has 0 radical (unpaired) electrons. The van der Waals surface area contributed by atoms with E-state index in [9.17, 15) is 29.7 Å². The highest BCUT2D eigenvalue weighted by molar-refractivity contribution is 6.07. The third kappa shape index (κ3) is 10.7. The van der Waals surface area contributed by atoms with Crippen LogP contribution in [0.25, 0.3) is 5.57 Å². The highest BCUT2D eigenvalue weighted by Crippen LogP contribution is 2.48. The molecule has 0 spiro atoms. The van der Waals surface area contributed by atoms with E-state index in [0.29, 0.717) is 59.1 Å². The van der Waals surface area contributed by atoms with E-state index in [1.807, 2.05) is 99.8 Å². The first-order valence-corrected chi connectivity index (χ1v) is 24.3. The molecule has 5 aromatic rings. The number of nitrogens with zero attached hydrogens (tertiary/aromatic N) is 5. The molecule has 0 saturated carbocycles. The number of carbonyl (C=O) groups is 3. The fourth-order valence-corrected chi connectivity index (χ4v) is 9.95. The van der Waals surface area contributed by atoms with E-state index in [1.54, 1.807) is 17.0 Å². The first kappa shape index (κ1) is 48.6. The van der Waals surface area contributed by atoms with Gasteiger partial charge in [-0.2, -0.15) is 0 Å². The van der Waals surface area contributed by atoms with Crippen LogP contribution < -0.4 is 19.7 Å². The average molecular weight is 959 g/mol. The van der Waals surface area contributed by atoms with Gasteiger partial charge in [-0.25, -0.2) is 4.79 Å². The number of amides is 2. The summed E-state index contributed by atoms with van der Waals surface area (Å²) in [6, 6.07) is 29.3. The van der Waals surface area contributed by atoms with Crippen molar-refractivity contribution in [3.63, 3.8) is 0 Å². The lowest BCUT2D eigenvalue weighted by Gasteiger charge is -2.34. The van der Waals surface area contributed by atoms with Crippen LogP contribution in [0.4, 0.5) is 5.69 Å². The molecule has 1 aliphatic carbocycles. The van der Waals surface area contributed by atoms with Crippen molar-refractivity contribution in [1.82, 2.24) is 24.9 Å². The van der Waals surface area contributed by atoms with Crippen LogP contribution in [0.15, 0.2) is 127 Å². The van der Waals surface area contributed by atoms with Crippen LogP contribution in [0.1, 0.15) is 83.7 Å². The van der Waals surface area contributed by atoms with Crippen LogP contribution in [0, 0.1) is 0 Å². The number of carboxylic acid groups (broad SMARTS) is 1. The van der Waals surface area contributed by atoms with Crippen molar-refractivity contribution in [2.75, 3.05) is 72.4 Å². The van der Waals surface area contributed by atoms with Gasteiger partial charge in [0.1, 0.15) is 46.5 Å². The molecule has 1 atom stereocenters. The van der Waals surface area contributed by atoms with Crippen molar-refractivity contribution >= 4 is 29.0 Å². The van der Waals surface area contributed by atoms with Crippen molar-refractivity contribution in [3.8, 4) is 23.0 Å². The van der Waals surface area contributed by atoms with E-state index in [0.717, 1.165) is 80.8 Å². The van der Waals surface area contributed by atoms with E-state index in [2.05, 4.69) is 44.3 Å². The number of piperazine rings is 1. The highest BCUT2D eigenvalue weighted by atomic mass is 16.5. The molecule has 3 aliphatic heterocycles. The van der Waals surface area contributed by atoms with Gasteiger partial charge in [-0.3, -0.25) is 19.4 Å². The number of allylic oxidation sites excluding steroid dienone is 1. The molecular formula is C57H62N6O8. The number of nitrogens with one attached hydrogen (secondary N) is 1. The van der Waals surface area contributed by atoms with Gasteiger partial charge in [0.15, 0.2) is 0 Å². The first-order valence-electron chi connectivity index (χ1n) is 24.3. The summed E-state index contributed by atoms with van der Waals surface area (Å²) in [6.07, 6.45) is 8.85. The third-order valence-electron chi connectivity index (χ3n) is 13.8. The monoisotopic (exact) mass is 958 g/mol. The van der Waals surface area contributed by atoms with Gasteiger partial charge in [0.25, 0.3) is 11.8 Å². The number of anilines is 1. The maximum absolute atomic E-state index is 14.3. The topological polar surface area (TPSA) is 159 Å². The average Bonchev–Trinajstić information content (AvgIpc) is 3.79. The number of aromatic carboxylic acids is 1. The number of ether oxygens (including phenoxy) is 2. The van der Waals surface area contributed by atoms with Crippen molar-refractivity contribution in [2.24, 2.45) is 0 Å². The SMILES string of the molecule is CN(C)c1ccc2c(c1C(=O)NCCCCCN1CCN(Cc3ccc4c(c3)CN(C(=O)c3c(O)cc(O)cc3OCc3ccccc3)C4)CC1)OC1=CC(N(C)C)C=CC1=C2c1ccccc1C(=O)O. The number of aromatic hydroxyl groups is 2. The number of phenols is 2. The molecule has 9 rings (SSSR count). The molecule has 2 amide bonds. The fraction of sp³-hybridized carbons (Fsp3) is 0.316. The number of phenolic OH excluding ortho intramolecular Hbond substituents is 2. The normalized spacial score (nSPS) is 16.5. The molecular weight excluding hydrogens is 897 g/mol. The summed E-state index contributed by atoms with van der Waals surface area (Å²) >= 11 is 0. The zero-order chi connectivity index (χ0) is 49.8. The summed E-state index contributed by atoms with van der Waals surface area (Å²) in [5.74, 6) is -0.993. The summed E-state index contributed by atoms with van der Waals surface area (Å²) in [7, 11) is 7.76. The van der Waals surface area contributed by atoms with E-state index in [1.165, 1.54) is 17.7 Å². The number of unbranched alkanes of at least 4 members (excludes halogenated alkanes) is 2. The van der Waals surface area contributed by atoms with Gasteiger partial charge in [-0.05, 0) is 85.6 Å². The number of benzene rings is 5. The Hall–Kier alpha value is -7.39. The second-order valence-corrected chi connectivity index (χ2v) is 19.1. The molecule has 0 bridgehead atoms. The van der Waals surface area contributed by atoms with Gasteiger partial charge >= 0.3 is 5.97 Å². The molecule has 1 fully saturated rings. The highest BCUT2D eigenvalue weighted by Gasteiger charge is 2.35. The molecule has 0 aromatic heterocycles. The quantitative estimate of drug-likeness (QED) is 0.0670. The molecule has 368 valence electrons. The van der Waals surface area contributed by atoms with E-state index in [-0.39, 0.29) is 52.8 Å². The van der Waals surface area contributed by atoms with Gasteiger partial charge in [-0.15, -0.1) is 0 Å². The smallest absolute Gasteiger partial charge is 0.336 e. The molecule has 4 aliphatic rings. The summed E-state index contributed by atoms with van der Waals surface area (Å²) in [4.78, 5) is 51.3. The summed E-state index contributed by atoms with van der Waals surface area (Å²) in [5, 5.41) is 34.4. The summed E-state index contributed by atoms with van der Waals surface area (Å²) < 4.78 is 12.6. The van der Waals surface area contributed by atoms with Crippen LogP contribution in [0.3, 0.4) is 0 Å². The minimum Gasteiger partial charge on any atom is -0.508 e. The number of likely N-dealkylation sites (N-methyl/N-ethyl adjacent to an activating group) is 1. The minimum atomic E-state index is -1.03. The molecule has 14 nitrogen and oxygen atoms in total. The van der Waals surface area contributed by atoms with E-state index in [4.69, 9.17) is 9.47 Å². The second-order valence-electron chi connectivity index (χ2n) is 19.1. The molecule has 14 heteroatoms. The minimum absolute atomic E-state index is 0.0384. The molecule has 4 N–H and O–H groups in total. The predicted octanol–water partition coefficient (Wildman–Crippen LogP) is 7.89. The molecule has 3 heterocycles. The van der Waals surface area contributed by atoms with Crippen molar-refractivity contribution in [3.05, 3.63) is 177 Å². The summed E-state index contributed by atoms with van der Waals surface area (Å²) in [5.41, 5.74) is 8.28. The molecule has 1 saturated heterocycles. The number of rotatable bonds is 17.